The fourth-order valence-corrected chi connectivity index (χ4v) is 3.66. The third-order valence-corrected chi connectivity index (χ3v) is 6.15. The summed E-state index contributed by atoms with van der Waals surface area (Å²) in [5.41, 5.74) is 0. The second-order valence-corrected chi connectivity index (χ2v) is 9.34. The fraction of sp³-hybridized carbons (Fsp3) is 0.952. The van der Waals surface area contributed by atoms with Crippen LogP contribution in [0.25, 0.3) is 0 Å². The van der Waals surface area contributed by atoms with Gasteiger partial charge in [-0.1, -0.05) is 96.8 Å². The Balaban J connectivity index is -0.00000338. The minimum atomic E-state index is -3.48. The minimum Gasteiger partial charge on any atom is -1.00 e. The maximum atomic E-state index is 11.6. The standard InChI is InChI=1S/C21H43NO4S.Na.H/c1-3-4-5-6-7-8-9-10-11-12-13-14-15-16-17-18-21(23)22-19-20-27(24,25)26-2;;/h3-20H2,1-2H3,(H,22,23);;/q;+1;-1. The summed E-state index contributed by atoms with van der Waals surface area (Å²) >= 11 is 0. The summed E-state index contributed by atoms with van der Waals surface area (Å²) in [5, 5.41) is 2.62. The van der Waals surface area contributed by atoms with Crippen molar-refractivity contribution in [3.63, 3.8) is 0 Å². The molecule has 164 valence electrons. The Morgan fingerprint density at radius 2 is 1.18 bits per heavy atom. The number of carbonyl (C=O) groups excluding carboxylic acids is 1. The van der Waals surface area contributed by atoms with Crippen molar-refractivity contribution in [3.05, 3.63) is 0 Å². The molecule has 1 N–H and O–H groups in total. The van der Waals surface area contributed by atoms with Crippen LogP contribution in [0.15, 0.2) is 0 Å². The molecule has 28 heavy (non-hydrogen) atoms. The third-order valence-electron chi connectivity index (χ3n) is 4.94. The normalized spacial score (nSPS) is 11.2. The van der Waals surface area contributed by atoms with Crippen LogP contribution >= 0.6 is 0 Å². The van der Waals surface area contributed by atoms with Crippen molar-refractivity contribution < 1.29 is 48.4 Å². The molecule has 0 aliphatic heterocycles. The molecule has 0 rings (SSSR count). The van der Waals surface area contributed by atoms with Gasteiger partial charge in [0.1, 0.15) is 0 Å². The van der Waals surface area contributed by atoms with E-state index in [1.165, 1.54) is 83.5 Å². The van der Waals surface area contributed by atoms with Crippen molar-refractivity contribution in [2.75, 3.05) is 19.4 Å². The molecule has 1 amide bonds. The van der Waals surface area contributed by atoms with Crippen LogP contribution in [-0.2, 0) is 19.1 Å². The topological polar surface area (TPSA) is 72.5 Å². The molecule has 0 heterocycles. The van der Waals surface area contributed by atoms with Crippen molar-refractivity contribution >= 4 is 16.0 Å². The molecular weight excluding hydrogens is 385 g/mol. The van der Waals surface area contributed by atoms with Gasteiger partial charge in [-0.15, -0.1) is 0 Å². The molecule has 0 saturated carbocycles. The maximum Gasteiger partial charge on any atom is 1.00 e. The molecule has 0 aliphatic rings. The summed E-state index contributed by atoms with van der Waals surface area (Å²) in [7, 11) is -2.35. The summed E-state index contributed by atoms with van der Waals surface area (Å²) in [6.45, 7) is 2.38. The van der Waals surface area contributed by atoms with E-state index in [1.807, 2.05) is 0 Å². The Morgan fingerprint density at radius 3 is 1.57 bits per heavy atom. The first-order valence-corrected chi connectivity index (χ1v) is 12.6. The van der Waals surface area contributed by atoms with E-state index in [1.54, 1.807) is 0 Å². The van der Waals surface area contributed by atoms with Gasteiger partial charge < -0.3 is 6.74 Å². The number of rotatable bonds is 20. The summed E-state index contributed by atoms with van der Waals surface area (Å²) in [5.74, 6) is -0.246. The zero-order valence-corrected chi connectivity index (χ0v) is 21.6. The monoisotopic (exact) mass is 429 g/mol. The van der Waals surface area contributed by atoms with Crippen LogP contribution in [0.3, 0.4) is 0 Å². The Labute approximate surface area is 198 Å². The van der Waals surface area contributed by atoms with Gasteiger partial charge in [-0.2, -0.15) is 8.42 Å². The molecule has 0 aromatic rings. The van der Waals surface area contributed by atoms with Crippen LogP contribution in [0.2, 0.25) is 0 Å². The quantitative estimate of drug-likeness (QED) is 0.183. The predicted octanol–water partition coefficient (Wildman–Crippen LogP) is 2.46. The molecule has 0 spiro atoms. The van der Waals surface area contributed by atoms with Crippen LogP contribution < -0.4 is 34.9 Å². The van der Waals surface area contributed by atoms with E-state index < -0.39 is 10.1 Å². The van der Waals surface area contributed by atoms with Gasteiger partial charge in [0.25, 0.3) is 10.1 Å². The van der Waals surface area contributed by atoms with Gasteiger partial charge in [0.15, 0.2) is 0 Å². The number of amides is 1. The maximum absolute atomic E-state index is 11.6. The zero-order chi connectivity index (χ0) is 20.2. The first-order valence-electron chi connectivity index (χ1n) is 11.1. The summed E-state index contributed by atoms with van der Waals surface area (Å²) in [4.78, 5) is 11.6. The average molecular weight is 430 g/mol. The molecular formula is C21H44NNaO4S. The van der Waals surface area contributed by atoms with Crippen molar-refractivity contribution in [1.82, 2.24) is 5.32 Å². The third kappa shape index (κ3) is 22.7. The molecule has 7 heteroatoms. The van der Waals surface area contributed by atoms with E-state index in [4.69, 9.17) is 0 Å². The first-order chi connectivity index (χ1) is 13.0. The van der Waals surface area contributed by atoms with E-state index in [-0.39, 0.29) is 49.2 Å². The number of hydrogen-bond donors (Lipinski definition) is 1. The Bertz CT molecular complexity index is 450. The second-order valence-electron chi connectivity index (χ2n) is 7.48. The molecule has 5 nitrogen and oxygen atoms in total. The molecule has 0 saturated heterocycles. The Hall–Kier alpha value is 0.380. The summed E-state index contributed by atoms with van der Waals surface area (Å²) in [6.07, 6.45) is 20.0. The molecule has 0 atom stereocenters. The van der Waals surface area contributed by atoms with E-state index in [9.17, 15) is 13.2 Å². The molecule has 0 unspecified atom stereocenters. The van der Waals surface area contributed by atoms with Crippen molar-refractivity contribution in [2.24, 2.45) is 0 Å². The van der Waals surface area contributed by atoms with Crippen LogP contribution in [0.5, 0.6) is 0 Å². The number of unbranched alkanes of at least 4 members (excludes halogenated alkanes) is 14. The minimum absolute atomic E-state index is 0. The van der Waals surface area contributed by atoms with Gasteiger partial charge in [-0.05, 0) is 6.42 Å². The number of carbonyl (C=O) groups is 1. The van der Waals surface area contributed by atoms with Crippen molar-refractivity contribution in [3.8, 4) is 0 Å². The van der Waals surface area contributed by atoms with Crippen LogP contribution in [0.4, 0.5) is 0 Å². The molecule has 0 aliphatic carbocycles. The van der Waals surface area contributed by atoms with E-state index in [0.29, 0.717) is 6.42 Å². The van der Waals surface area contributed by atoms with Crippen LogP contribution in [0.1, 0.15) is 111 Å². The fourth-order valence-electron chi connectivity index (χ4n) is 3.14. The van der Waals surface area contributed by atoms with Gasteiger partial charge >= 0.3 is 29.6 Å². The van der Waals surface area contributed by atoms with Crippen LogP contribution in [0, 0.1) is 0 Å². The predicted molar refractivity (Wildman–Crippen MR) is 114 cm³/mol. The van der Waals surface area contributed by atoms with E-state index in [0.717, 1.165) is 20.0 Å². The van der Waals surface area contributed by atoms with Gasteiger partial charge in [0.05, 0.1) is 12.9 Å². The van der Waals surface area contributed by atoms with Gasteiger partial charge in [0.2, 0.25) is 5.91 Å². The van der Waals surface area contributed by atoms with E-state index >= 15 is 0 Å². The van der Waals surface area contributed by atoms with Crippen molar-refractivity contribution in [2.45, 2.75) is 110 Å². The average Bonchev–Trinajstić information content (AvgIpc) is 2.64. The Morgan fingerprint density at radius 1 is 0.786 bits per heavy atom. The number of nitrogens with one attached hydrogen (secondary N) is 1. The van der Waals surface area contributed by atoms with Crippen LogP contribution in [-0.4, -0.2) is 33.7 Å². The molecule has 0 radical (unpaired) electrons. The SMILES string of the molecule is CCCCCCCCCCCCCCCCCC(=O)NCCS(=O)(=O)OC.[H-].[Na+]. The zero-order valence-electron chi connectivity index (χ0n) is 19.8. The van der Waals surface area contributed by atoms with Gasteiger partial charge in [0, 0.05) is 13.0 Å². The molecule has 0 bridgehead atoms. The van der Waals surface area contributed by atoms with Crippen molar-refractivity contribution in [1.29, 1.82) is 0 Å². The van der Waals surface area contributed by atoms with Gasteiger partial charge in [-0.25, -0.2) is 0 Å². The Kier molecular flexibility index (Phi) is 24.1. The first kappa shape index (κ1) is 30.6. The summed E-state index contributed by atoms with van der Waals surface area (Å²) in [6, 6.07) is 0. The summed E-state index contributed by atoms with van der Waals surface area (Å²) < 4.78 is 26.6. The number of hydrogen-bond acceptors (Lipinski definition) is 4. The second kappa shape index (κ2) is 22.1. The smallest absolute Gasteiger partial charge is 1.00 e. The molecule has 0 aromatic heterocycles. The largest absolute Gasteiger partial charge is 1.00 e. The molecule has 0 fully saturated rings. The van der Waals surface area contributed by atoms with Gasteiger partial charge in [-0.3, -0.25) is 8.98 Å². The van der Waals surface area contributed by atoms with E-state index in [2.05, 4.69) is 16.4 Å². The molecule has 0 aromatic carbocycles.